The maximum atomic E-state index is 5.89. The summed E-state index contributed by atoms with van der Waals surface area (Å²) in [5.74, 6) is 0.571. The van der Waals surface area contributed by atoms with Crippen molar-refractivity contribution in [2.24, 2.45) is 0 Å². The van der Waals surface area contributed by atoms with Crippen molar-refractivity contribution in [3.8, 4) is 0 Å². The normalized spacial score (nSPS) is 17.6. The molecule has 0 radical (unpaired) electrons. The van der Waals surface area contributed by atoms with E-state index in [1.54, 1.807) is 0 Å². The number of nitrogens with zero attached hydrogens (tertiary/aromatic N) is 3. The quantitative estimate of drug-likeness (QED) is 0.740. The third kappa shape index (κ3) is 2.31. The summed E-state index contributed by atoms with van der Waals surface area (Å²) in [7, 11) is 0. The van der Waals surface area contributed by atoms with Crippen molar-refractivity contribution in [1.29, 1.82) is 0 Å². The van der Waals surface area contributed by atoms with Gasteiger partial charge in [-0.3, -0.25) is 4.90 Å². The van der Waals surface area contributed by atoms with E-state index in [2.05, 4.69) is 27.3 Å². The highest BCUT2D eigenvalue weighted by Gasteiger charge is 2.15. The zero-order chi connectivity index (χ0) is 11.5. The molecule has 1 aliphatic rings. The van der Waals surface area contributed by atoms with Crippen LogP contribution < -0.4 is 11.1 Å². The predicted molar refractivity (Wildman–Crippen MR) is 64.1 cm³/mol. The summed E-state index contributed by atoms with van der Waals surface area (Å²) in [5.41, 5.74) is 9.17. The number of nitrogens with two attached hydrogens (primary N) is 1. The Labute approximate surface area is 96.0 Å². The van der Waals surface area contributed by atoms with Gasteiger partial charge in [-0.1, -0.05) is 0 Å². The summed E-state index contributed by atoms with van der Waals surface area (Å²) in [5, 5.41) is 11.4. The molecule has 0 aliphatic carbocycles. The molecule has 1 aromatic rings. The number of nitrogen functional groups attached to an aromatic ring is 1. The Morgan fingerprint density at radius 2 is 1.94 bits per heavy atom. The third-order valence-corrected chi connectivity index (χ3v) is 3.20. The highest BCUT2D eigenvalue weighted by Crippen LogP contribution is 2.17. The molecule has 5 heteroatoms. The second-order valence-corrected chi connectivity index (χ2v) is 4.30. The first-order valence-electron chi connectivity index (χ1n) is 5.70. The monoisotopic (exact) mass is 221 g/mol. The van der Waals surface area contributed by atoms with Gasteiger partial charge in [0.15, 0.2) is 5.82 Å². The van der Waals surface area contributed by atoms with E-state index in [0.717, 1.165) is 44.0 Å². The molecule has 1 fully saturated rings. The molecule has 0 amide bonds. The molecule has 2 heterocycles. The minimum absolute atomic E-state index is 0.571. The number of aromatic nitrogens is 2. The largest absolute Gasteiger partial charge is 0.382 e. The molecule has 5 nitrogen and oxygen atoms in total. The van der Waals surface area contributed by atoms with Gasteiger partial charge in [-0.2, -0.15) is 5.10 Å². The number of rotatable bonds is 2. The van der Waals surface area contributed by atoms with E-state index < -0.39 is 0 Å². The van der Waals surface area contributed by atoms with Crippen LogP contribution in [0.2, 0.25) is 0 Å². The van der Waals surface area contributed by atoms with E-state index in [9.17, 15) is 0 Å². The Hall–Kier alpha value is -1.20. The molecule has 16 heavy (non-hydrogen) atoms. The van der Waals surface area contributed by atoms with Crippen molar-refractivity contribution in [2.75, 3.05) is 31.9 Å². The van der Waals surface area contributed by atoms with Crippen LogP contribution in [0.5, 0.6) is 0 Å². The van der Waals surface area contributed by atoms with E-state index in [4.69, 9.17) is 5.73 Å². The molecular formula is C11H19N5. The molecule has 0 atom stereocenters. The lowest BCUT2D eigenvalue weighted by Gasteiger charge is -2.28. The Kier molecular flexibility index (Phi) is 3.36. The summed E-state index contributed by atoms with van der Waals surface area (Å²) < 4.78 is 0. The van der Waals surface area contributed by atoms with Crippen LogP contribution in [0.3, 0.4) is 0 Å². The Morgan fingerprint density at radius 3 is 2.62 bits per heavy atom. The first-order chi connectivity index (χ1) is 7.68. The first kappa shape index (κ1) is 11.3. The number of anilines is 1. The average molecular weight is 221 g/mol. The van der Waals surface area contributed by atoms with Crippen molar-refractivity contribution in [3.05, 3.63) is 16.8 Å². The molecule has 1 saturated heterocycles. The molecule has 2 rings (SSSR count). The molecule has 1 aliphatic heterocycles. The van der Waals surface area contributed by atoms with E-state index in [1.165, 1.54) is 5.56 Å². The van der Waals surface area contributed by atoms with E-state index in [0.29, 0.717) is 5.82 Å². The van der Waals surface area contributed by atoms with Gasteiger partial charge in [-0.25, -0.2) is 0 Å². The zero-order valence-electron chi connectivity index (χ0n) is 9.95. The minimum atomic E-state index is 0.571. The van der Waals surface area contributed by atoms with Crippen LogP contribution in [-0.4, -0.2) is 41.3 Å². The van der Waals surface area contributed by atoms with Crippen LogP contribution >= 0.6 is 0 Å². The van der Waals surface area contributed by atoms with Crippen molar-refractivity contribution in [3.63, 3.8) is 0 Å². The summed E-state index contributed by atoms with van der Waals surface area (Å²) >= 11 is 0. The predicted octanol–water partition coefficient (Wildman–Crippen LogP) is 0.0808. The lowest BCUT2D eigenvalue weighted by atomic mass is 10.1. The fourth-order valence-corrected chi connectivity index (χ4v) is 1.97. The lowest BCUT2D eigenvalue weighted by molar-refractivity contribution is 0.233. The molecule has 3 N–H and O–H groups in total. The lowest BCUT2D eigenvalue weighted by Crippen LogP contribution is -2.43. The highest BCUT2D eigenvalue weighted by molar-refractivity contribution is 5.44. The topological polar surface area (TPSA) is 67.1 Å². The Balaban J connectivity index is 2.16. The summed E-state index contributed by atoms with van der Waals surface area (Å²) in [4.78, 5) is 2.40. The van der Waals surface area contributed by atoms with Crippen molar-refractivity contribution < 1.29 is 0 Å². The Bertz CT molecular complexity index is 371. The molecule has 0 saturated carbocycles. The van der Waals surface area contributed by atoms with Gasteiger partial charge in [0.2, 0.25) is 0 Å². The average Bonchev–Trinajstić information content (AvgIpc) is 2.31. The van der Waals surface area contributed by atoms with Gasteiger partial charge < -0.3 is 11.1 Å². The van der Waals surface area contributed by atoms with Crippen LogP contribution in [-0.2, 0) is 6.54 Å². The second-order valence-electron chi connectivity index (χ2n) is 4.30. The van der Waals surface area contributed by atoms with Gasteiger partial charge in [0.1, 0.15) is 0 Å². The van der Waals surface area contributed by atoms with E-state index >= 15 is 0 Å². The number of piperazine rings is 1. The van der Waals surface area contributed by atoms with E-state index in [1.807, 2.05) is 6.92 Å². The fraction of sp³-hybridized carbons (Fsp3) is 0.636. The molecule has 0 bridgehead atoms. The standard InChI is InChI=1S/C11H19N5/c1-8-9(2)14-15-11(12)10(8)7-16-5-3-13-4-6-16/h13H,3-7H2,1-2H3,(H2,12,15). The van der Waals surface area contributed by atoms with Crippen molar-refractivity contribution in [2.45, 2.75) is 20.4 Å². The molecule has 0 aromatic carbocycles. The SMILES string of the molecule is Cc1nnc(N)c(CN2CCNCC2)c1C. The molecular weight excluding hydrogens is 202 g/mol. The fourth-order valence-electron chi connectivity index (χ4n) is 1.97. The highest BCUT2D eigenvalue weighted by atomic mass is 15.2. The van der Waals surface area contributed by atoms with Crippen LogP contribution in [0.1, 0.15) is 16.8 Å². The second kappa shape index (κ2) is 4.76. The van der Waals surface area contributed by atoms with Gasteiger partial charge in [0, 0.05) is 38.3 Å². The van der Waals surface area contributed by atoms with Crippen molar-refractivity contribution in [1.82, 2.24) is 20.4 Å². The molecule has 0 spiro atoms. The maximum Gasteiger partial charge on any atom is 0.150 e. The summed E-state index contributed by atoms with van der Waals surface area (Å²) in [6, 6.07) is 0. The number of nitrogens with one attached hydrogen (secondary N) is 1. The summed E-state index contributed by atoms with van der Waals surface area (Å²) in [6.07, 6.45) is 0. The third-order valence-electron chi connectivity index (χ3n) is 3.20. The van der Waals surface area contributed by atoms with Gasteiger partial charge in [-0.15, -0.1) is 5.10 Å². The van der Waals surface area contributed by atoms with Crippen molar-refractivity contribution >= 4 is 5.82 Å². The maximum absolute atomic E-state index is 5.89. The smallest absolute Gasteiger partial charge is 0.150 e. The van der Waals surface area contributed by atoms with Gasteiger partial charge in [0.25, 0.3) is 0 Å². The van der Waals surface area contributed by atoms with Crippen LogP contribution in [0.25, 0.3) is 0 Å². The van der Waals surface area contributed by atoms with Gasteiger partial charge in [-0.05, 0) is 19.4 Å². The summed E-state index contributed by atoms with van der Waals surface area (Å²) in [6.45, 7) is 9.17. The van der Waals surface area contributed by atoms with Gasteiger partial charge >= 0.3 is 0 Å². The van der Waals surface area contributed by atoms with Crippen LogP contribution in [0.15, 0.2) is 0 Å². The molecule has 0 unspecified atom stereocenters. The zero-order valence-corrected chi connectivity index (χ0v) is 9.95. The number of hydrogen-bond acceptors (Lipinski definition) is 5. The number of hydrogen-bond donors (Lipinski definition) is 2. The number of aryl methyl sites for hydroxylation is 1. The Morgan fingerprint density at radius 1 is 1.25 bits per heavy atom. The van der Waals surface area contributed by atoms with Crippen LogP contribution in [0.4, 0.5) is 5.82 Å². The van der Waals surface area contributed by atoms with E-state index in [-0.39, 0.29) is 0 Å². The first-order valence-corrected chi connectivity index (χ1v) is 5.70. The minimum Gasteiger partial charge on any atom is -0.382 e. The molecule has 1 aromatic heterocycles. The van der Waals surface area contributed by atoms with Gasteiger partial charge in [0.05, 0.1) is 5.69 Å². The van der Waals surface area contributed by atoms with Crippen LogP contribution in [0, 0.1) is 13.8 Å². The molecule has 88 valence electrons.